The van der Waals surface area contributed by atoms with Gasteiger partial charge in [0.05, 0.1) is 32.2 Å². The Balaban J connectivity index is 2.10. The third-order valence-corrected chi connectivity index (χ3v) is 5.46. The average Bonchev–Trinajstić information content (AvgIpc) is 2.70. The van der Waals surface area contributed by atoms with E-state index in [-0.39, 0.29) is 18.3 Å². The van der Waals surface area contributed by atoms with Gasteiger partial charge in [-0.3, -0.25) is 9.10 Å². The Bertz CT molecular complexity index is 977. The first kappa shape index (κ1) is 23.3. The monoisotopic (exact) mass is 436 g/mol. The molecule has 0 fully saturated rings. The fourth-order valence-corrected chi connectivity index (χ4v) is 3.65. The minimum Gasteiger partial charge on any atom is -0.497 e. The summed E-state index contributed by atoms with van der Waals surface area (Å²) in [7, 11) is -0.863. The fraction of sp³-hybridized carbons (Fsp3) is 0.381. The lowest BCUT2D eigenvalue weighted by atomic mass is 10.2. The average molecular weight is 437 g/mol. The Morgan fingerprint density at radius 1 is 1.10 bits per heavy atom. The molecule has 0 aliphatic rings. The molecule has 0 aromatic heterocycles. The van der Waals surface area contributed by atoms with Crippen LogP contribution in [0.5, 0.6) is 17.2 Å². The van der Waals surface area contributed by atoms with Crippen LogP contribution in [0.3, 0.4) is 0 Å². The van der Waals surface area contributed by atoms with Gasteiger partial charge in [0.15, 0.2) is 0 Å². The zero-order valence-corrected chi connectivity index (χ0v) is 18.7. The predicted molar refractivity (Wildman–Crippen MR) is 116 cm³/mol. The van der Waals surface area contributed by atoms with Crippen LogP contribution < -0.4 is 23.8 Å². The largest absolute Gasteiger partial charge is 0.497 e. The number of sulfonamides is 1. The normalized spacial score (nSPS) is 12.0. The van der Waals surface area contributed by atoms with E-state index >= 15 is 0 Å². The molecule has 9 heteroatoms. The van der Waals surface area contributed by atoms with Crippen molar-refractivity contribution in [1.82, 2.24) is 5.32 Å². The molecule has 2 rings (SSSR count). The van der Waals surface area contributed by atoms with E-state index in [9.17, 15) is 13.2 Å². The van der Waals surface area contributed by atoms with Crippen molar-refractivity contribution >= 4 is 21.6 Å². The third kappa shape index (κ3) is 6.28. The highest BCUT2D eigenvalue weighted by molar-refractivity contribution is 7.92. The Hall–Kier alpha value is -2.94. The summed E-state index contributed by atoms with van der Waals surface area (Å²) in [4.78, 5) is 12.6. The van der Waals surface area contributed by atoms with E-state index in [0.717, 1.165) is 21.9 Å². The maximum Gasteiger partial charge on any atom is 0.241 e. The van der Waals surface area contributed by atoms with Gasteiger partial charge in [-0.1, -0.05) is 18.2 Å². The summed E-state index contributed by atoms with van der Waals surface area (Å²) in [6, 6.07) is 12.0. The number of anilines is 1. The summed E-state index contributed by atoms with van der Waals surface area (Å²) in [5.74, 6) is 1.02. The molecular formula is C21H28N2O6S. The van der Waals surface area contributed by atoms with Crippen molar-refractivity contribution in [3.05, 3.63) is 48.0 Å². The second-order valence-electron chi connectivity index (χ2n) is 6.85. The van der Waals surface area contributed by atoms with E-state index in [2.05, 4.69) is 5.32 Å². The van der Waals surface area contributed by atoms with E-state index in [1.54, 1.807) is 19.1 Å². The first-order chi connectivity index (χ1) is 14.2. The van der Waals surface area contributed by atoms with Crippen LogP contribution in [0, 0.1) is 6.92 Å². The third-order valence-electron chi connectivity index (χ3n) is 4.33. The Morgan fingerprint density at radius 3 is 2.40 bits per heavy atom. The molecule has 0 aliphatic carbocycles. The molecular weight excluding hydrogens is 408 g/mol. The molecule has 8 nitrogen and oxygen atoms in total. The zero-order valence-electron chi connectivity index (χ0n) is 17.8. The summed E-state index contributed by atoms with van der Waals surface area (Å²) in [6.07, 6.45) is 1.03. The number of amides is 1. The topological polar surface area (TPSA) is 94.2 Å². The quantitative estimate of drug-likeness (QED) is 0.615. The number of methoxy groups -OCH3 is 2. The van der Waals surface area contributed by atoms with Crippen LogP contribution >= 0.6 is 0 Å². The molecule has 0 unspecified atom stereocenters. The zero-order chi connectivity index (χ0) is 22.3. The first-order valence-electron chi connectivity index (χ1n) is 9.33. The lowest BCUT2D eigenvalue weighted by Gasteiger charge is -2.25. The fourth-order valence-electron chi connectivity index (χ4n) is 2.80. The molecule has 0 saturated carbocycles. The van der Waals surface area contributed by atoms with Crippen molar-refractivity contribution < 1.29 is 27.4 Å². The number of hydrogen-bond donors (Lipinski definition) is 1. The Morgan fingerprint density at radius 2 is 1.80 bits per heavy atom. The van der Waals surface area contributed by atoms with Crippen molar-refractivity contribution in [3.63, 3.8) is 0 Å². The molecule has 0 heterocycles. The number of nitrogens with zero attached hydrogens (tertiary/aromatic N) is 1. The smallest absolute Gasteiger partial charge is 0.241 e. The second kappa shape index (κ2) is 10.2. The maximum atomic E-state index is 12.6. The minimum absolute atomic E-state index is 0.221. The molecule has 0 aliphatic heterocycles. The SMILES string of the molecule is COc1ccc(OC)c(N(CC(=O)N[C@H](C)COc2ccccc2C)S(C)(=O)=O)c1. The number of carbonyl (C=O) groups excluding carboxylic acids is 1. The molecule has 1 N–H and O–H groups in total. The number of aryl methyl sites for hydroxylation is 1. The number of rotatable bonds is 10. The lowest BCUT2D eigenvalue weighted by molar-refractivity contribution is -0.120. The molecule has 1 atom stereocenters. The number of nitrogens with one attached hydrogen (secondary N) is 1. The van der Waals surface area contributed by atoms with Crippen molar-refractivity contribution in [2.75, 3.05) is 37.9 Å². The van der Waals surface area contributed by atoms with E-state index in [0.29, 0.717) is 11.5 Å². The molecule has 0 spiro atoms. The van der Waals surface area contributed by atoms with Gasteiger partial charge in [-0.25, -0.2) is 8.42 Å². The predicted octanol–water partition coefficient (Wildman–Crippen LogP) is 2.36. The highest BCUT2D eigenvalue weighted by atomic mass is 32.2. The molecule has 0 bridgehead atoms. The summed E-state index contributed by atoms with van der Waals surface area (Å²) in [6.45, 7) is 3.56. The first-order valence-corrected chi connectivity index (χ1v) is 11.2. The molecule has 2 aromatic carbocycles. The molecule has 0 radical (unpaired) electrons. The van der Waals surface area contributed by atoms with Crippen molar-refractivity contribution in [1.29, 1.82) is 0 Å². The van der Waals surface area contributed by atoms with Gasteiger partial charge < -0.3 is 19.5 Å². The highest BCUT2D eigenvalue weighted by Gasteiger charge is 2.25. The summed E-state index contributed by atoms with van der Waals surface area (Å²) < 4.78 is 42.0. The summed E-state index contributed by atoms with van der Waals surface area (Å²) in [5.41, 5.74) is 1.21. The van der Waals surface area contributed by atoms with Gasteiger partial charge in [0, 0.05) is 6.07 Å². The minimum atomic E-state index is -3.76. The summed E-state index contributed by atoms with van der Waals surface area (Å²) >= 11 is 0. The van der Waals surface area contributed by atoms with E-state index < -0.39 is 22.5 Å². The summed E-state index contributed by atoms with van der Waals surface area (Å²) in [5, 5.41) is 2.77. The van der Waals surface area contributed by atoms with Crippen LogP contribution in [0.1, 0.15) is 12.5 Å². The number of hydrogen-bond acceptors (Lipinski definition) is 6. The van der Waals surface area contributed by atoms with Gasteiger partial charge >= 0.3 is 0 Å². The van der Waals surface area contributed by atoms with Gasteiger partial charge in [0.25, 0.3) is 0 Å². The number of para-hydroxylation sites is 1. The Labute approximate surface area is 177 Å². The molecule has 164 valence electrons. The number of benzene rings is 2. The van der Waals surface area contributed by atoms with Crippen molar-refractivity contribution in [3.8, 4) is 17.2 Å². The number of ether oxygens (including phenoxy) is 3. The number of carbonyl (C=O) groups is 1. The van der Waals surface area contributed by atoms with Crippen LogP contribution in [-0.4, -0.2) is 54.0 Å². The van der Waals surface area contributed by atoms with Crippen LogP contribution in [0.15, 0.2) is 42.5 Å². The molecule has 1 amide bonds. The highest BCUT2D eigenvalue weighted by Crippen LogP contribution is 2.33. The van der Waals surface area contributed by atoms with Gasteiger partial charge in [-0.2, -0.15) is 0 Å². The van der Waals surface area contributed by atoms with Crippen LogP contribution in [-0.2, 0) is 14.8 Å². The lowest BCUT2D eigenvalue weighted by Crippen LogP contribution is -2.45. The van der Waals surface area contributed by atoms with Gasteiger partial charge in [-0.15, -0.1) is 0 Å². The van der Waals surface area contributed by atoms with E-state index in [1.807, 2.05) is 31.2 Å². The van der Waals surface area contributed by atoms with E-state index in [4.69, 9.17) is 14.2 Å². The van der Waals surface area contributed by atoms with Gasteiger partial charge in [-0.05, 0) is 37.6 Å². The standard InChI is InChI=1S/C21H28N2O6S/c1-15-8-6-7-9-19(15)29-14-16(2)22-21(24)13-23(30(5,25)26)18-12-17(27-3)10-11-20(18)28-4/h6-12,16H,13-14H2,1-5H3,(H,22,24)/t16-/m1/s1. The van der Waals surface area contributed by atoms with E-state index in [1.165, 1.54) is 20.3 Å². The Kier molecular flexibility index (Phi) is 7.93. The molecule has 2 aromatic rings. The van der Waals surface area contributed by atoms with Crippen LogP contribution in [0.2, 0.25) is 0 Å². The van der Waals surface area contributed by atoms with Gasteiger partial charge in [0.1, 0.15) is 30.4 Å². The van der Waals surface area contributed by atoms with Crippen molar-refractivity contribution in [2.45, 2.75) is 19.9 Å². The second-order valence-corrected chi connectivity index (χ2v) is 8.76. The van der Waals surface area contributed by atoms with Crippen LogP contribution in [0.25, 0.3) is 0 Å². The molecule has 30 heavy (non-hydrogen) atoms. The van der Waals surface area contributed by atoms with Crippen LogP contribution in [0.4, 0.5) is 5.69 Å². The van der Waals surface area contributed by atoms with Crippen molar-refractivity contribution in [2.24, 2.45) is 0 Å². The molecule has 0 saturated heterocycles. The maximum absolute atomic E-state index is 12.6. The van der Waals surface area contributed by atoms with Gasteiger partial charge in [0.2, 0.25) is 15.9 Å².